The smallest absolute Gasteiger partial charge is 0 e. The van der Waals surface area contributed by atoms with Crippen LogP contribution >= 0.6 is 0 Å². The number of methoxy groups -OCH3 is 2. The molecule has 8 nitrogen and oxygen atoms in total. The molecule has 0 N–H and O–H groups in total. The van der Waals surface area contributed by atoms with Crippen LogP contribution in [0.3, 0.4) is 0 Å². The third kappa shape index (κ3) is 13.3. The molecule has 1 aliphatic carbocycles. The second kappa shape index (κ2) is 20.7. The summed E-state index contributed by atoms with van der Waals surface area (Å²) in [6, 6.07) is 9.76. The number of esters is 1. The molecule has 0 aromatic heterocycles. The van der Waals surface area contributed by atoms with Gasteiger partial charge in [-0.2, -0.15) is 0 Å². The van der Waals surface area contributed by atoms with Crippen molar-refractivity contribution in [1.82, 2.24) is 4.90 Å². The Hall–Kier alpha value is -2.14. The molecule has 2 rings (SSSR count). The van der Waals surface area contributed by atoms with Gasteiger partial charge in [0.05, 0.1) is 7.11 Å². The van der Waals surface area contributed by atoms with E-state index in [4.69, 9.17) is 18.7 Å². The van der Waals surface area contributed by atoms with Crippen LogP contribution in [0.5, 0.6) is 0 Å². The van der Waals surface area contributed by atoms with Crippen LogP contribution in [-0.4, -0.2) is 37.5 Å². The zero-order valence-corrected chi connectivity index (χ0v) is 19.2. The first-order valence-electron chi connectivity index (χ1n) is 8.89. The summed E-state index contributed by atoms with van der Waals surface area (Å²) in [5.74, 6) is -0.749. The van der Waals surface area contributed by atoms with Crippen LogP contribution in [0, 0.1) is 50.7 Å². The molecule has 1 aromatic carbocycles. The van der Waals surface area contributed by atoms with Crippen molar-refractivity contribution in [2.45, 2.75) is 26.3 Å². The molecule has 32 heavy (non-hydrogen) atoms. The number of ether oxygens (including phenoxy) is 2. The summed E-state index contributed by atoms with van der Waals surface area (Å²) in [6.45, 7) is 16.6. The number of nitrogens with zero attached hydrogens (tertiary/aromatic N) is 1. The van der Waals surface area contributed by atoms with E-state index in [1.165, 1.54) is 7.11 Å². The molecule has 0 spiro atoms. The van der Waals surface area contributed by atoms with Gasteiger partial charge in [0, 0.05) is 43.7 Å². The molecule has 9 heteroatoms. The van der Waals surface area contributed by atoms with Crippen molar-refractivity contribution in [2.75, 3.05) is 20.8 Å². The van der Waals surface area contributed by atoms with Crippen molar-refractivity contribution in [3.8, 4) is 0 Å². The molecule has 1 unspecified atom stereocenters. The van der Waals surface area contributed by atoms with E-state index >= 15 is 0 Å². The van der Waals surface area contributed by atoms with Crippen LogP contribution in [0.2, 0.25) is 0 Å². The minimum Gasteiger partial charge on any atom is 0 e. The third-order valence-corrected chi connectivity index (χ3v) is 4.30. The Morgan fingerprint density at radius 3 is 2.06 bits per heavy atom. The Bertz CT molecular complexity index is 681. The molecular weight excluding hydrogens is 458 g/mol. The van der Waals surface area contributed by atoms with E-state index in [0.29, 0.717) is 13.1 Å². The maximum atomic E-state index is 12.6. The second-order valence-corrected chi connectivity index (χ2v) is 6.49. The van der Waals surface area contributed by atoms with Crippen LogP contribution < -0.4 is 0 Å². The molecule has 0 aliphatic heterocycles. The SMILES string of the molecule is CO[C]1[CH][CH]C(C)(CN(Cc2ccccc2)C(=O)CC(=O)OC)C[CH]1.[C-]#[O+].[C-]#[O+].[C-]#[O+].[Fe]. The average molecular weight is 483 g/mol. The maximum Gasteiger partial charge on any atom is 0 e. The Labute approximate surface area is 200 Å². The van der Waals surface area contributed by atoms with Gasteiger partial charge in [-0.25, -0.2) is 0 Å². The van der Waals surface area contributed by atoms with Crippen molar-refractivity contribution in [3.05, 3.63) is 81.2 Å². The van der Waals surface area contributed by atoms with E-state index in [2.05, 4.69) is 38.0 Å². The maximum absolute atomic E-state index is 12.6. The van der Waals surface area contributed by atoms with Crippen molar-refractivity contribution < 1.29 is 50.1 Å². The number of amides is 1. The van der Waals surface area contributed by atoms with Gasteiger partial charge in [-0.1, -0.05) is 37.3 Å². The van der Waals surface area contributed by atoms with Crippen molar-refractivity contribution in [3.63, 3.8) is 0 Å². The normalized spacial score (nSPS) is 13.5. The summed E-state index contributed by atoms with van der Waals surface area (Å²) in [4.78, 5) is 25.9. The first-order valence-corrected chi connectivity index (χ1v) is 8.89. The number of hydrogen-bond acceptors (Lipinski definition) is 4. The van der Waals surface area contributed by atoms with Crippen molar-refractivity contribution >= 4 is 11.9 Å². The Kier molecular flexibility index (Phi) is 22.3. The van der Waals surface area contributed by atoms with E-state index in [9.17, 15) is 9.59 Å². The predicted octanol–water partition coefficient (Wildman–Crippen LogP) is 2.66. The van der Waals surface area contributed by atoms with E-state index in [-0.39, 0.29) is 34.8 Å². The van der Waals surface area contributed by atoms with Crippen LogP contribution in [-0.2, 0) is 56.6 Å². The molecule has 0 heterocycles. The number of rotatable bonds is 7. The molecule has 1 aliphatic rings. The minimum absolute atomic E-state index is 0. The van der Waals surface area contributed by atoms with Crippen LogP contribution in [0.25, 0.3) is 0 Å². The number of hydrogen-bond donors (Lipinski definition) is 0. The van der Waals surface area contributed by atoms with Crippen LogP contribution in [0.4, 0.5) is 0 Å². The summed E-state index contributed by atoms with van der Waals surface area (Å²) in [7, 11) is 2.93. The van der Waals surface area contributed by atoms with Crippen molar-refractivity contribution in [1.29, 1.82) is 0 Å². The first-order chi connectivity index (χ1) is 15.0. The van der Waals surface area contributed by atoms with Gasteiger partial charge in [0.1, 0.15) is 12.5 Å². The zero-order valence-electron chi connectivity index (χ0n) is 18.1. The molecule has 1 saturated carbocycles. The molecule has 172 valence electrons. The molecule has 0 bridgehead atoms. The van der Waals surface area contributed by atoms with Crippen LogP contribution in [0.15, 0.2) is 30.3 Å². The molecule has 1 aromatic rings. The molecule has 4 radical (unpaired) electrons. The standard InChI is InChI=1S/C20H25NO4.3CO.Fe/c1-20(11-9-17(24-2)10-12-20)15-21(18(22)13-19(23)25-3)14-16-7-5-4-6-8-16;3*1-2;/h4-11H,12-15H2,1-3H3;;;;. The van der Waals surface area contributed by atoms with Gasteiger partial charge in [-0.15, -0.1) is 0 Å². The first kappa shape index (κ1) is 34.5. The summed E-state index contributed by atoms with van der Waals surface area (Å²) in [5.41, 5.74) is 0.819. The fourth-order valence-electron chi connectivity index (χ4n) is 2.80. The number of carbonyl (C=O) groups excluding carboxylic acids is 2. The molecule has 1 atom stereocenters. The van der Waals surface area contributed by atoms with Gasteiger partial charge in [-0.3, -0.25) is 9.59 Å². The zero-order chi connectivity index (χ0) is 24.3. The van der Waals surface area contributed by atoms with Crippen molar-refractivity contribution in [2.24, 2.45) is 5.41 Å². The fraction of sp³-hybridized carbons (Fsp3) is 0.348. The van der Waals surface area contributed by atoms with Gasteiger partial charge in [0.2, 0.25) is 5.91 Å². The molecular formula is C23H25FeNO7. The molecule has 1 fully saturated rings. The molecule has 1 amide bonds. The molecule has 0 saturated heterocycles. The van der Waals surface area contributed by atoms with Gasteiger partial charge >= 0.3 is 39.9 Å². The topological polar surface area (TPSA) is 116 Å². The minimum atomic E-state index is -0.519. The van der Waals surface area contributed by atoms with E-state index in [1.54, 1.807) is 12.0 Å². The van der Waals surface area contributed by atoms with Gasteiger partial charge < -0.3 is 14.4 Å². The average Bonchev–Trinajstić information content (AvgIpc) is 2.83. The van der Waals surface area contributed by atoms with E-state index < -0.39 is 5.97 Å². The predicted molar refractivity (Wildman–Crippen MR) is 106 cm³/mol. The number of benzene rings is 1. The number of carbonyl (C=O) groups is 2. The van der Waals surface area contributed by atoms with Gasteiger partial charge in [0.25, 0.3) is 0 Å². The monoisotopic (exact) mass is 483 g/mol. The summed E-state index contributed by atoms with van der Waals surface area (Å²) in [5, 5.41) is 0. The summed E-state index contributed by atoms with van der Waals surface area (Å²) in [6.07, 6.45) is 7.36. The summed E-state index contributed by atoms with van der Waals surface area (Å²) < 4.78 is 32.4. The van der Waals surface area contributed by atoms with Gasteiger partial charge in [-0.05, 0) is 30.2 Å². The summed E-state index contributed by atoms with van der Waals surface area (Å²) >= 11 is 0. The second-order valence-electron chi connectivity index (χ2n) is 6.49. The third-order valence-electron chi connectivity index (χ3n) is 4.30. The largest absolute Gasteiger partial charge is 0 e. The van der Waals surface area contributed by atoms with Gasteiger partial charge in [0.15, 0.2) is 0 Å². The Morgan fingerprint density at radius 1 is 1.06 bits per heavy atom. The quantitative estimate of drug-likeness (QED) is 0.195. The Morgan fingerprint density at radius 2 is 1.62 bits per heavy atom. The fourth-order valence-corrected chi connectivity index (χ4v) is 2.80. The van der Waals surface area contributed by atoms with E-state index in [1.807, 2.05) is 43.2 Å². The Balaban J connectivity index is -0.00000111. The van der Waals surface area contributed by atoms with E-state index in [0.717, 1.165) is 18.1 Å². The van der Waals surface area contributed by atoms with Crippen LogP contribution in [0.1, 0.15) is 25.3 Å².